The summed E-state index contributed by atoms with van der Waals surface area (Å²) in [4.78, 5) is 22.8. The van der Waals surface area contributed by atoms with Crippen LogP contribution >= 0.6 is 0 Å². The van der Waals surface area contributed by atoms with Gasteiger partial charge in [-0.3, -0.25) is 19.0 Å². The number of hydrogen-bond donors (Lipinski definition) is 1. The lowest BCUT2D eigenvalue weighted by Gasteiger charge is -2.13. The van der Waals surface area contributed by atoms with Crippen molar-refractivity contribution in [1.82, 2.24) is 19.6 Å². The summed E-state index contributed by atoms with van der Waals surface area (Å²) in [5.74, 6) is 0.977. The van der Waals surface area contributed by atoms with Crippen LogP contribution in [0.1, 0.15) is 51.7 Å². The molecule has 5 aromatic rings. The standard InChI is InChI=1S/C23H25N3O4.C12H14N2O3/c1-4-28-23(27)10-11-26-20-6-5-7-22(19(20)14-25-26)29-15-17-8-9-21(30-16(2)3)18(12-17)13-24;1-2-17-12(16)6-7-14-10-4-3-5-11(15)9(10)8-13-14/h5-9,12,14,16H,4,10-11,15H2,1-3H3;3-5,8,15H,2,6-7H2,1H3. The zero-order valence-corrected chi connectivity index (χ0v) is 27.0. The van der Waals surface area contributed by atoms with Gasteiger partial charge in [-0.1, -0.05) is 18.2 Å². The van der Waals surface area contributed by atoms with Gasteiger partial charge in [0.15, 0.2) is 0 Å². The van der Waals surface area contributed by atoms with Crippen molar-refractivity contribution < 1.29 is 33.6 Å². The summed E-state index contributed by atoms with van der Waals surface area (Å²) in [7, 11) is 0. The summed E-state index contributed by atoms with van der Waals surface area (Å²) in [6.07, 6.45) is 3.86. The molecule has 0 aliphatic heterocycles. The Morgan fingerprint density at radius 1 is 0.851 bits per heavy atom. The fraction of sp³-hybridized carbons (Fsp3) is 0.343. The normalized spacial score (nSPS) is 10.7. The number of aryl methyl sites for hydroxylation is 2. The summed E-state index contributed by atoms with van der Waals surface area (Å²) < 4.78 is 24.9. The number of phenolic OH excluding ortho intramolecular Hbond substituents is 1. The van der Waals surface area contributed by atoms with Crippen molar-refractivity contribution in [3.63, 3.8) is 0 Å². The minimum atomic E-state index is -0.244. The monoisotopic (exact) mass is 641 g/mol. The lowest BCUT2D eigenvalue weighted by molar-refractivity contribution is -0.144. The number of esters is 2. The fourth-order valence-electron chi connectivity index (χ4n) is 4.78. The molecule has 0 spiro atoms. The minimum Gasteiger partial charge on any atom is -0.507 e. The van der Waals surface area contributed by atoms with Crippen LogP contribution in [0, 0.1) is 11.3 Å². The van der Waals surface area contributed by atoms with Gasteiger partial charge in [0, 0.05) is 0 Å². The molecular formula is C35H39N5O7. The third-order valence-electron chi connectivity index (χ3n) is 6.90. The van der Waals surface area contributed by atoms with Crippen molar-refractivity contribution in [2.75, 3.05) is 13.2 Å². The Balaban J connectivity index is 0.000000248. The number of aromatic nitrogens is 4. The Hall–Kier alpha value is -5.57. The molecule has 3 aromatic carbocycles. The molecule has 0 unspecified atom stereocenters. The number of aromatic hydroxyl groups is 1. The lowest BCUT2D eigenvalue weighted by Crippen LogP contribution is -2.09. The van der Waals surface area contributed by atoms with Gasteiger partial charge in [0.1, 0.15) is 29.9 Å². The fourth-order valence-corrected chi connectivity index (χ4v) is 4.78. The molecule has 12 heteroatoms. The van der Waals surface area contributed by atoms with E-state index in [4.69, 9.17) is 18.9 Å². The number of benzene rings is 3. The van der Waals surface area contributed by atoms with Gasteiger partial charge in [0.2, 0.25) is 0 Å². The van der Waals surface area contributed by atoms with Gasteiger partial charge in [-0.15, -0.1) is 0 Å². The minimum absolute atomic E-state index is 0.00262. The lowest BCUT2D eigenvalue weighted by atomic mass is 10.1. The molecule has 47 heavy (non-hydrogen) atoms. The SMILES string of the molecule is CCOC(=O)CCn1ncc2c(O)cccc21.CCOC(=O)CCn1ncc2c(OCc3ccc(OC(C)C)c(C#N)c3)cccc21. The third kappa shape index (κ3) is 9.23. The number of hydrogen-bond acceptors (Lipinski definition) is 10. The first-order valence-corrected chi connectivity index (χ1v) is 15.5. The molecule has 0 bridgehead atoms. The first-order chi connectivity index (χ1) is 22.7. The van der Waals surface area contributed by atoms with E-state index >= 15 is 0 Å². The average Bonchev–Trinajstić information content (AvgIpc) is 3.68. The van der Waals surface area contributed by atoms with Crippen molar-refractivity contribution in [2.45, 2.75) is 66.3 Å². The molecule has 1 N–H and O–H groups in total. The van der Waals surface area contributed by atoms with E-state index in [0.29, 0.717) is 55.4 Å². The molecule has 0 saturated heterocycles. The van der Waals surface area contributed by atoms with Crippen LogP contribution in [0.25, 0.3) is 21.8 Å². The van der Waals surface area contributed by atoms with Gasteiger partial charge in [-0.2, -0.15) is 15.5 Å². The smallest absolute Gasteiger partial charge is 0.307 e. The van der Waals surface area contributed by atoms with Gasteiger partial charge in [-0.05, 0) is 69.7 Å². The number of carbonyl (C=O) groups excluding carboxylic acids is 2. The summed E-state index contributed by atoms with van der Waals surface area (Å²) >= 11 is 0. The second-order valence-corrected chi connectivity index (χ2v) is 10.6. The molecule has 0 aliphatic carbocycles. The first-order valence-electron chi connectivity index (χ1n) is 15.5. The van der Waals surface area contributed by atoms with Crippen LogP contribution < -0.4 is 9.47 Å². The zero-order chi connectivity index (χ0) is 33.8. The second-order valence-electron chi connectivity index (χ2n) is 10.6. The predicted octanol–water partition coefficient (Wildman–Crippen LogP) is 5.92. The molecule has 0 saturated carbocycles. The molecule has 0 aliphatic rings. The maximum atomic E-state index is 11.6. The highest BCUT2D eigenvalue weighted by Gasteiger charge is 2.12. The number of phenols is 1. The quantitative estimate of drug-likeness (QED) is 0.153. The molecule has 5 rings (SSSR count). The highest BCUT2D eigenvalue weighted by atomic mass is 16.5. The van der Waals surface area contributed by atoms with Gasteiger partial charge in [0.25, 0.3) is 0 Å². The summed E-state index contributed by atoms with van der Waals surface area (Å²) in [5, 5.41) is 29.1. The maximum Gasteiger partial charge on any atom is 0.307 e. The summed E-state index contributed by atoms with van der Waals surface area (Å²) in [6.45, 7) is 9.37. The van der Waals surface area contributed by atoms with Crippen LogP contribution in [0.15, 0.2) is 67.0 Å². The Morgan fingerprint density at radius 3 is 2.04 bits per heavy atom. The van der Waals surface area contributed by atoms with Gasteiger partial charge in [-0.25, -0.2) is 0 Å². The Bertz CT molecular complexity index is 1850. The Labute approximate surface area is 273 Å². The van der Waals surface area contributed by atoms with E-state index in [9.17, 15) is 20.0 Å². The number of fused-ring (bicyclic) bond motifs is 2. The average molecular weight is 642 g/mol. The van der Waals surface area contributed by atoms with Gasteiger partial charge in [0.05, 0.1) is 85.0 Å². The largest absolute Gasteiger partial charge is 0.507 e. The van der Waals surface area contributed by atoms with Crippen LogP contribution in [0.4, 0.5) is 0 Å². The van der Waals surface area contributed by atoms with Crippen molar-refractivity contribution in [3.05, 3.63) is 78.1 Å². The van der Waals surface area contributed by atoms with Crippen LogP contribution in [-0.4, -0.2) is 55.9 Å². The predicted molar refractivity (Wildman–Crippen MR) is 175 cm³/mol. The molecule has 246 valence electrons. The third-order valence-corrected chi connectivity index (χ3v) is 6.90. The molecule has 2 aromatic heterocycles. The molecule has 12 nitrogen and oxygen atoms in total. The van der Waals surface area contributed by atoms with Crippen LogP contribution in [0.2, 0.25) is 0 Å². The van der Waals surface area contributed by atoms with Crippen LogP contribution in [0.3, 0.4) is 0 Å². The highest BCUT2D eigenvalue weighted by Crippen LogP contribution is 2.28. The Kier molecular flexibility index (Phi) is 12.2. The van der Waals surface area contributed by atoms with E-state index in [2.05, 4.69) is 16.3 Å². The van der Waals surface area contributed by atoms with E-state index in [-0.39, 0.29) is 36.6 Å². The van der Waals surface area contributed by atoms with Crippen molar-refractivity contribution in [1.29, 1.82) is 5.26 Å². The van der Waals surface area contributed by atoms with E-state index in [1.165, 1.54) is 0 Å². The van der Waals surface area contributed by atoms with Crippen molar-refractivity contribution in [3.8, 4) is 23.3 Å². The van der Waals surface area contributed by atoms with Gasteiger partial charge >= 0.3 is 11.9 Å². The summed E-state index contributed by atoms with van der Waals surface area (Å²) in [5.41, 5.74) is 3.05. The van der Waals surface area contributed by atoms with E-state index in [1.54, 1.807) is 59.9 Å². The number of nitriles is 1. The number of nitrogens with zero attached hydrogens (tertiary/aromatic N) is 5. The van der Waals surface area contributed by atoms with E-state index < -0.39 is 0 Å². The van der Waals surface area contributed by atoms with Crippen LogP contribution in [-0.2, 0) is 38.8 Å². The maximum absolute atomic E-state index is 11.6. The summed E-state index contributed by atoms with van der Waals surface area (Å²) in [6, 6.07) is 18.6. The molecule has 2 heterocycles. The number of ether oxygens (including phenoxy) is 4. The second kappa shape index (κ2) is 16.7. The van der Waals surface area contributed by atoms with Crippen molar-refractivity contribution >= 4 is 33.7 Å². The number of rotatable bonds is 13. The topological polar surface area (TPSA) is 151 Å². The van der Waals surface area contributed by atoms with E-state index in [1.807, 2.05) is 44.2 Å². The molecular weight excluding hydrogens is 602 g/mol. The van der Waals surface area contributed by atoms with Crippen molar-refractivity contribution in [2.24, 2.45) is 0 Å². The zero-order valence-electron chi connectivity index (χ0n) is 27.0. The molecule has 0 radical (unpaired) electrons. The molecule has 0 atom stereocenters. The molecule has 0 amide bonds. The number of carbonyl (C=O) groups is 2. The van der Waals surface area contributed by atoms with Crippen LogP contribution in [0.5, 0.6) is 17.2 Å². The highest BCUT2D eigenvalue weighted by molar-refractivity contribution is 5.86. The first kappa shape index (κ1) is 34.3. The molecule has 0 fully saturated rings. The Morgan fingerprint density at radius 2 is 1.45 bits per heavy atom. The van der Waals surface area contributed by atoms with E-state index in [0.717, 1.165) is 22.0 Å². The van der Waals surface area contributed by atoms with Gasteiger partial charge < -0.3 is 24.1 Å².